The van der Waals surface area contributed by atoms with E-state index < -0.39 is 0 Å². The van der Waals surface area contributed by atoms with Gasteiger partial charge in [0.05, 0.1) is 18.3 Å². The molecule has 4 rings (SSSR count). The first-order valence-corrected chi connectivity index (χ1v) is 10.1. The number of fused-ring (bicyclic) bond motifs is 3. The summed E-state index contributed by atoms with van der Waals surface area (Å²) in [5.74, 6) is 2.11. The van der Waals surface area contributed by atoms with Crippen LogP contribution in [0.5, 0.6) is 0 Å². The molecule has 9 heteroatoms. The minimum Gasteiger partial charge on any atom is -0.467 e. The molecule has 0 radical (unpaired) electrons. The van der Waals surface area contributed by atoms with Gasteiger partial charge in [0.25, 0.3) is 5.56 Å². The number of hydrogen-bond acceptors (Lipinski definition) is 6. The summed E-state index contributed by atoms with van der Waals surface area (Å²) in [5.41, 5.74) is 0.752. The third kappa shape index (κ3) is 3.45. The van der Waals surface area contributed by atoms with Gasteiger partial charge in [-0.1, -0.05) is 13.8 Å². The Morgan fingerprint density at radius 3 is 2.93 bits per heavy atom. The fourth-order valence-corrected chi connectivity index (χ4v) is 4.01. The topological polar surface area (TPSA) is 94.4 Å². The molecule has 0 unspecified atom stereocenters. The average molecular weight is 399 g/mol. The van der Waals surface area contributed by atoms with Crippen molar-refractivity contribution in [2.75, 3.05) is 0 Å². The maximum Gasteiger partial charge on any atom is 0.272 e. The van der Waals surface area contributed by atoms with E-state index in [1.807, 2.05) is 21.9 Å². The Labute approximate surface area is 164 Å². The molecule has 0 spiro atoms. The maximum absolute atomic E-state index is 12.8. The molecule has 8 nitrogen and oxygen atoms in total. The van der Waals surface area contributed by atoms with Crippen LogP contribution >= 0.6 is 11.3 Å². The molecular weight excluding hydrogens is 378 g/mol. The number of nitrogens with zero attached hydrogens (tertiary/aromatic N) is 4. The van der Waals surface area contributed by atoms with Crippen molar-refractivity contribution in [3.63, 3.8) is 0 Å². The largest absolute Gasteiger partial charge is 0.467 e. The van der Waals surface area contributed by atoms with Crippen LogP contribution in [0, 0.1) is 5.92 Å². The molecule has 1 N–H and O–H groups in total. The Bertz CT molecular complexity index is 1170. The molecule has 4 aromatic heterocycles. The second-order valence-corrected chi connectivity index (χ2v) is 7.97. The summed E-state index contributed by atoms with van der Waals surface area (Å²) in [6.07, 6.45) is 2.28. The van der Waals surface area contributed by atoms with Gasteiger partial charge in [-0.2, -0.15) is 0 Å². The second kappa shape index (κ2) is 7.59. The highest BCUT2D eigenvalue weighted by atomic mass is 32.1. The summed E-state index contributed by atoms with van der Waals surface area (Å²) in [7, 11) is 0. The van der Waals surface area contributed by atoms with E-state index >= 15 is 0 Å². The van der Waals surface area contributed by atoms with Gasteiger partial charge in [-0.05, 0) is 29.5 Å². The first-order chi connectivity index (χ1) is 13.5. The number of aryl methyl sites for hydroxylation is 1. The third-order valence-electron chi connectivity index (χ3n) is 4.44. The SMILES string of the molecule is CC(C)Cn1c(=O)c2sccc2n2c(CCC(=O)NCc3ccco3)nnc12. The van der Waals surface area contributed by atoms with Gasteiger partial charge in [-0.25, -0.2) is 0 Å². The number of nitrogens with one attached hydrogen (secondary N) is 1. The molecule has 0 bridgehead atoms. The molecule has 28 heavy (non-hydrogen) atoms. The Kier molecular flexibility index (Phi) is 4.99. The van der Waals surface area contributed by atoms with Crippen molar-refractivity contribution in [3.05, 3.63) is 51.8 Å². The molecule has 0 aromatic carbocycles. The van der Waals surface area contributed by atoms with Crippen molar-refractivity contribution < 1.29 is 9.21 Å². The van der Waals surface area contributed by atoms with Gasteiger partial charge in [0, 0.05) is 19.4 Å². The summed E-state index contributed by atoms with van der Waals surface area (Å²) >= 11 is 1.41. The number of furan rings is 1. The minimum atomic E-state index is -0.0924. The van der Waals surface area contributed by atoms with Crippen LogP contribution in [0.25, 0.3) is 16.0 Å². The zero-order valence-corrected chi connectivity index (χ0v) is 16.5. The number of amides is 1. The Hall–Kier alpha value is -2.94. The molecule has 0 aliphatic rings. The molecular formula is C19H21N5O3S. The monoisotopic (exact) mass is 399 g/mol. The van der Waals surface area contributed by atoms with Gasteiger partial charge in [-0.15, -0.1) is 21.5 Å². The molecule has 0 saturated heterocycles. The van der Waals surface area contributed by atoms with Crippen LogP contribution < -0.4 is 10.9 Å². The Morgan fingerprint density at radius 1 is 1.32 bits per heavy atom. The molecule has 4 heterocycles. The van der Waals surface area contributed by atoms with Crippen molar-refractivity contribution in [1.29, 1.82) is 0 Å². The first kappa shape index (κ1) is 18.4. The van der Waals surface area contributed by atoms with Gasteiger partial charge < -0.3 is 9.73 Å². The van der Waals surface area contributed by atoms with Crippen LogP contribution in [-0.4, -0.2) is 25.1 Å². The quantitative estimate of drug-likeness (QED) is 0.515. The fourth-order valence-electron chi connectivity index (χ4n) is 3.18. The van der Waals surface area contributed by atoms with E-state index in [0.717, 1.165) is 5.52 Å². The van der Waals surface area contributed by atoms with E-state index in [2.05, 4.69) is 29.4 Å². The van der Waals surface area contributed by atoms with Crippen LogP contribution in [0.2, 0.25) is 0 Å². The van der Waals surface area contributed by atoms with E-state index in [0.29, 0.717) is 47.5 Å². The smallest absolute Gasteiger partial charge is 0.272 e. The molecule has 0 aliphatic carbocycles. The van der Waals surface area contributed by atoms with Crippen molar-refractivity contribution in [2.45, 2.75) is 39.8 Å². The van der Waals surface area contributed by atoms with E-state index in [1.165, 1.54) is 11.3 Å². The lowest BCUT2D eigenvalue weighted by molar-refractivity contribution is -0.121. The molecule has 0 fully saturated rings. The first-order valence-electron chi connectivity index (χ1n) is 9.17. The molecule has 1 amide bonds. The van der Waals surface area contributed by atoms with Gasteiger partial charge in [0.1, 0.15) is 16.3 Å². The Balaban J connectivity index is 1.60. The molecule has 0 aliphatic heterocycles. The maximum atomic E-state index is 12.8. The predicted octanol–water partition coefficient (Wildman–Crippen LogP) is 2.60. The number of hydrogen-bond donors (Lipinski definition) is 1. The third-order valence-corrected chi connectivity index (χ3v) is 5.33. The highest BCUT2D eigenvalue weighted by molar-refractivity contribution is 7.17. The second-order valence-electron chi connectivity index (χ2n) is 7.05. The van der Waals surface area contributed by atoms with Gasteiger partial charge in [0.2, 0.25) is 11.7 Å². The summed E-state index contributed by atoms with van der Waals surface area (Å²) in [6, 6.07) is 5.50. The van der Waals surface area contributed by atoms with Crippen LogP contribution in [-0.2, 0) is 24.3 Å². The van der Waals surface area contributed by atoms with Gasteiger partial charge >= 0.3 is 0 Å². The van der Waals surface area contributed by atoms with E-state index in [-0.39, 0.29) is 17.9 Å². The van der Waals surface area contributed by atoms with Crippen molar-refractivity contribution in [2.24, 2.45) is 5.92 Å². The van der Waals surface area contributed by atoms with Crippen molar-refractivity contribution in [1.82, 2.24) is 24.5 Å². The highest BCUT2D eigenvalue weighted by Crippen LogP contribution is 2.20. The molecule has 0 atom stereocenters. The fraction of sp³-hybridized carbons (Fsp3) is 0.368. The van der Waals surface area contributed by atoms with Crippen molar-refractivity contribution >= 4 is 33.2 Å². The van der Waals surface area contributed by atoms with E-state index in [9.17, 15) is 9.59 Å². The lowest BCUT2D eigenvalue weighted by Crippen LogP contribution is -2.25. The van der Waals surface area contributed by atoms with Crippen LogP contribution in [0.15, 0.2) is 39.1 Å². The van der Waals surface area contributed by atoms with Gasteiger partial charge in [0.15, 0.2) is 0 Å². The van der Waals surface area contributed by atoms with Gasteiger partial charge in [-0.3, -0.25) is 18.6 Å². The zero-order valence-electron chi connectivity index (χ0n) is 15.7. The lowest BCUT2D eigenvalue weighted by Gasteiger charge is -2.11. The van der Waals surface area contributed by atoms with Crippen molar-refractivity contribution in [3.8, 4) is 0 Å². The Morgan fingerprint density at radius 2 is 2.18 bits per heavy atom. The summed E-state index contributed by atoms with van der Waals surface area (Å²) in [6.45, 7) is 5.04. The predicted molar refractivity (Wildman–Crippen MR) is 106 cm³/mol. The molecule has 4 aromatic rings. The van der Waals surface area contributed by atoms with Crippen LogP contribution in [0.4, 0.5) is 0 Å². The number of carbonyl (C=O) groups excluding carboxylic acids is 1. The van der Waals surface area contributed by atoms with Crippen LogP contribution in [0.3, 0.4) is 0 Å². The molecule has 0 saturated carbocycles. The number of thiophene rings is 1. The average Bonchev–Trinajstić information content (AvgIpc) is 3.41. The summed E-state index contributed by atoms with van der Waals surface area (Å²) in [4.78, 5) is 25.0. The van der Waals surface area contributed by atoms with E-state index in [1.54, 1.807) is 16.9 Å². The normalized spacial score (nSPS) is 11.7. The number of carbonyl (C=O) groups is 1. The number of aromatic nitrogens is 4. The zero-order chi connectivity index (χ0) is 19.7. The lowest BCUT2D eigenvalue weighted by atomic mass is 10.2. The standard InChI is InChI=1S/C19H21N5O3S/c1-12(2)11-23-18(26)17-14(7-9-28-17)24-15(21-22-19(23)24)5-6-16(25)20-10-13-4-3-8-27-13/h3-4,7-9,12H,5-6,10-11H2,1-2H3,(H,20,25). The summed E-state index contributed by atoms with van der Waals surface area (Å²) < 4.78 is 9.47. The summed E-state index contributed by atoms with van der Waals surface area (Å²) in [5, 5.41) is 13.3. The molecule has 146 valence electrons. The number of rotatable bonds is 7. The minimum absolute atomic E-state index is 0.0404. The highest BCUT2D eigenvalue weighted by Gasteiger charge is 2.18. The van der Waals surface area contributed by atoms with E-state index in [4.69, 9.17) is 4.42 Å². The van der Waals surface area contributed by atoms with Crippen LogP contribution in [0.1, 0.15) is 31.9 Å².